The molecule has 0 aliphatic rings. The molecule has 0 saturated carbocycles. The minimum absolute atomic E-state index is 0.865. The van der Waals surface area contributed by atoms with Gasteiger partial charge in [-0.3, -0.25) is 0 Å². The Balaban J connectivity index is 1.21. The van der Waals surface area contributed by atoms with Crippen molar-refractivity contribution < 1.29 is 4.42 Å². The normalized spacial score (nSPS) is 11.6. The van der Waals surface area contributed by atoms with Crippen LogP contribution < -0.4 is 4.90 Å². The smallest absolute Gasteiger partial charge is 0.143 e. The third-order valence-electron chi connectivity index (χ3n) is 10.0. The standard InChI is InChI=1S/C48H31NO/c1-3-13-32(14-4-1)33-23-25-36(26-24-33)49(46-29-35-17-7-8-18-38(35)39-19-9-11-21-41(39)46)37-27-28-42-45-31-44(34-15-5-2-6-16-34)40-20-10-12-22-43(40)48(45)50-47(42)30-37/h1-31H. The average Bonchev–Trinajstić information content (AvgIpc) is 3.57. The maximum Gasteiger partial charge on any atom is 0.143 e. The van der Waals surface area contributed by atoms with Gasteiger partial charge in [-0.15, -0.1) is 0 Å². The van der Waals surface area contributed by atoms with E-state index in [9.17, 15) is 0 Å². The third-order valence-corrected chi connectivity index (χ3v) is 10.0. The zero-order chi connectivity index (χ0) is 33.0. The Morgan fingerprint density at radius 2 is 0.920 bits per heavy atom. The Morgan fingerprint density at radius 1 is 0.340 bits per heavy atom. The second-order valence-corrected chi connectivity index (χ2v) is 12.9. The van der Waals surface area contributed by atoms with E-state index >= 15 is 0 Å². The number of benzene rings is 9. The summed E-state index contributed by atoms with van der Waals surface area (Å²) in [5.74, 6) is 0. The number of hydrogen-bond acceptors (Lipinski definition) is 2. The highest BCUT2D eigenvalue weighted by Crippen LogP contribution is 2.45. The molecule has 234 valence electrons. The SMILES string of the molecule is c1ccc(-c2ccc(N(c3ccc4c(c3)oc3c5ccccc5c(-c5ccccc5)cc43)c3cc4ccccc4c4ccccc34)cc2)cc1. The van der Waals surface area contributed by atoms with Crippen molar-refractivity contribution in [2.45, 2.75) is 0 Å². The molecule has 0 N–H and O–H groups in total. The van der Waals surface area contributed by atoms with Gasteiger partial charge in [0.15, 0.2) is 0 Å². The summed E-state index contributed by atoms with van der Waals surface area (Å²) in [6.45, 7) is 0. The number of rotatable bonds is 5. The van der Waals surface area contributed by atoms with Crippen molar-refractivity contribution in [3.8, 4) is 22.3 Å². The highest BCUT2D eigenvalue weighted by Gasteiger charge is 2.20. The number of furan rings is 1. The summed E-state index contributed by atoms with van der Waals surface area (Å²) in [6.07, 6.45) is 0. The molecule has 2 heteroatoms. The summed E-state index contributed by atoms with van der Waals surface area (Å²) in [4.78, 5) is 2.38. The minimum atomic E-state index is 0.865. The van der Waals surface area contributed by atoms with E-state index in [1.807, 2.05) is 0 Å². The molecule has 2 nitrogen and oxygen atoms in total. The fraction of sp³-hybridized carbons (Fsp3) is 0. The van der Waals surface area contributed by atoms with Gasteiger partial charge in [-0.2, -0.15) is 0 Å². The zero-order valence-corrected chi connectivity index (χ0v) is 27.3. The lowest BCUT2D eigenvalue weighted by atomic mass is 9.95. The van der Waals surface area contributed by atoms with Gasteiger partial charge in [0.05, 0.1) is 5.69 Å². The first-order valence-corrected chi connectivity index (χ1v) is 17.1. The Labute approximate surface area is 290 Å². The van der Waals surface area contributed by atoms with Crippen LogP contribution in [0.2, 0.25) is 0 Å². The summed E-state index contributed by atoms with van der Waals surface area (Å²) in [6, 6.07) is 67.4. The average molecular weight is 638 g/mol. The molecule has 0 atom stereocenters. The number of fused-ring (bicyclic) bond motifs is 8. The van der Waals surface area contributed by atoms with Gasteiger partial charge in [0.25, 0.3) is 0 Å². The van der Waals surface area contributed by atoms with E-state index in [2.05, 4.69) is 193 Å². The van der Waals surface area contributed by atoms with E-state index in [0.29, 0.717) is 0 Å². The molecular weight excluding hydrogens is 607 g/mol. The summed E-state index contributed by atoms with van der Waals surface area (Å²) in [7, 11) is 0. The molecule has 0 bridgehead atoms. The molecule has 0 radical (unpaired) electrons. The van der Waals surface area contributed by atoms with Crippen molar-refractivity contribution in [1.82, 2.24) is 0 Å². The summed E-state index contributed by atoms with van der Waals surface area (Å²) >= 11 is 0. The Hall–Kier alpha value is -6.64. The van der Waals surface area contributed by atoms with E-state index in [-0.39, 0.29) is 0 Å². The Kier molecular flexibility index (Phi) is 6.53. The van der Waals surface area contributed by atoms with Crippen LogP contribution in [0.3, 0.4) is 0 Å². The van der Waals surface area contributed by atoms with Gasteiger partial charge in [0.2, 0.25) is 0 Å². The number of hydrogen-bond donors (Lipinski definition) is 0. The van der Waals surface area contributed by atoms with E-state index in [1.54, 1.807) is 0 Å². The molecule has 0 aliphatic heterocycles. The van der Waals surface area contributed by atoms with Crippen molar-refractivity contribution in [2.75, 3.05) is 4.90 Å². The van der Waals surface area contributed by atoms with Crippen molar-refractivity contribution in [1.29, 1.82) is 0 Å². The molecular formula is C48H31NO. The van der Waals surface area contributed by atoms with Crippen LogP contribution in [-0.2, 0) is 0 Å². The van der Waals surface area contributed by atoms with Crippen LogP contribution in [-0.4, -0.2) is 0 Å². The zero-order valence-electron chi connectivity index (χ0n) is 27.3. The molecule has 50 heavy (non-hydrogen) atoms. The highest BCUT2D eigenvalue weighted by molar-refractivity contribution is 6.20. The van der Waals surface area contributed by atoms with Crippen molar-refractivity contribution in [2.24, 2.45) is 0 Å². The molecule has 10 aromatic rings. The predicted octanol–water partition coefficient (Wildman–Crippen LogP) is 13.8. The van der Waals surface area contributed by atoms with Crippen LogP contribution in [0.5, 0.6) is 0 Å². The van der Waals surface area contributed by atoms with Crippen LogP contribution in [0.1, 0.15) is 0 Å². The third kappa shape index (κ3) is 4.57. The quantitative estimate of drug-likeness (QED) is 0.175. The monoisotopic (exact) mass is 637 g/mol. The molecule has 0 spiro atoms. The lowest BCUT2D eigenvalue weighted by molar-refractivity contribution is 0.673. The summed E-state index contributed by atoms with van der Waals surface area (Å²) in [5, 5.41) is 9.42. The van der Waals surface area contributed by atoms with E-state index < -0.39 is 0 Å². The molecule has 0 unspecified atom stereocenters. The highest BCUT2D eigenvalue weighted by atomic mass is 16.3. The van der Waals surface area contributed by atoms with Crippen molar-refractivity contribution in [3.63, 3.8) is 0 Å². The topological polar surface area (TPSA) is 16.4 Å². The predicted molar refractivity (Wildman–Crippen MR) is 212 cm³/mol. The maximum atomic E-state index is 6.83. The van der Waals surface area contributed by atoms with Gasteiger partial charge >= 0.3 is 0 Å². The number of anilines is 3. The molecule has 10 rings (SSSR count). The van der Waals surface area contributed by atoms with E-state index in [0.717, 1.165) is 44.4 Å². The molecule has 0 saturated heterocycles. The van der Waals surface area contributed by atoms with Crippen molar-refractivity contribution in [3.05, 3.63) is 188 Å². The molecule has 1 heterocycles. The van der Waals surface area contributed by atoms with Crippen LogP contribution in [0, 0.1) is 0 Å². The summed E-state index contributed by atoms with van der Waals surface area (Å²) in [5.41, 5.74) is 9.83. The molecule has 9 aromatic carbocycles. The fourth-order valence-corrected chi connectivity index (χ4v) is 7.66. The Bertz CT molecular complexity index is 2850. The molecule has 0 fully saturated rings. The first-order valence-electron chi connectivity index (χ1n) is 17.1. The second-order valence-electron chi connectivity index (χ2n) is 12.9. The van der Waals surface area contributed by atoms with Crippen LogP contribution in [0.25, 0.3) is 76.5 Å². The van der Waals surface area contributed by atoms with Gasteiger partial charge in [-0.1, -0.05) is 146 Å². The lowest BCUT2D eigenvalue weighted by Crippen LogP contribution is -2.10. The van der Waals surface area contributed by atoms with E-state index in [1.165, 1.54) is 49.2 Å². The minimum Gasteiger partial charge on any atom is -0.455 e. The van der Waals surface area contributed by atoms with Gasteiger partial charge in [0.1, 0.15) is 11.2 Å². The first-order chi connectivity index (χ1) is 24.8. The lowest BCUT2D eigenvalue weighted by Gasteiger charge is -2.27. The molecule has 1 aromatic heterocycles. The number of nitrogens with zero attached hydrogens (tertiary/aromatic N) is 1. The van der Waals surface area contributed by atoms with E-state index in [4.69, 9.17) is 4.42 Å². The Morgan fingerprint density at radius 3 is 1.68 bits per heavy atom. The fourth-order valence-electron chi connectivity index (χ4n) is 7.66. The van der Waals surface area contributed by atoms with Crippen LogP contribution in [0.15, 0.2) is 192 Å². The van der Waals surface area contributed by atoms with Gasteiger partial charge in [-0.25, -0.2) is 0 Å². The summed E-state index contributed by atoms with van der Waals surface area (Å²) < 4.78 is 6.83. The van der Waals surface area contributed by atoms with Gasteiger partial charge in [0, 0.05) is 39.0 Å². The van der Waals surface area contributed by atoms with Crippen LogP contribution >= 0.6 is 0 Å². The molecule has 0 aliphatic carbocycles. The van der Waals surface area contributed by atoms with Crippen LogP contribution in [0.4, 0.5) is 17.1 Å². The van der Waals surface area contributed by atoms with Gasteiger partial charge in [-0.05, 0) is 80.2 Å². The second kappa shape index (κ2) is 11.5. The maximum absolute atomic E-state index is 6.83. The largest absolute Gasteiger partial charge is 0.455 e. The molecule has 0 amide bonds. The van der Waals surface area contributed by atoms with Crippen molar-refractivity contribution >= 4 is 71.3 Å². The first kappa shape index (κ1) is 28.4. The van der Waals surface area contributed by atoms with Gasteiger partial charge < -0.3 is 9.32 Å².